The smallest absolute Gasteiger partial charge is 0.358 e. The molecule has 8 heteroatoms. The van der Waals surface area contributed by atoms with Crippen LogP contribution in [0.1, 0.15) is 29.5 Å². The Hall–Kier alpha value is -1.96. The monoisotopic (exact) mass is 255 g/mol. The molecule has 18 heavy (non-hydrogen) atoms. The Morgan fingerprint density at radius 1 is 1.50 bits per heavy atom. The van der Waals surface area contributed by atoms with Gasteiger partial charge in [-0.2, -0.15) is 0 Å². The van der Waals surface area contributed by atoms with Gasteiger partial charge in [0, 0.05) is 19.4 Å². The van der Waals surface area contributed by atoms with Gasteiger partial charge < -0.3 is 16.2 Å². The number of carbonyl (C=O) groups excluding carboxylic acids is 1. The topological polar surface area (TPSA) is 123 Å². The third-order valence-electron chi connectivity index (χ3n) is 2.35. The van der Waals surface area contributed by atoms with Gasteiger partial charge in [-0.05, 0) is 13.5 Å². The molecule has 0 aliphatic carbocycles. The van der Waals surface area contributed by atoms with Gasteiger partial charge >= 0.3 is 5.97 Å². The van der Waals surface area contributed by atoms with Crippen molar-refractivity contribution in [3.8, 4) is 0 Å². The molecular weight excluding hydrogens is 238 g/mol. The number of carboxylic acids is 1. The summed E-state index contributed by atoms with van der Waals surface area (Å²) in [5.74, 6) is -1.24. The first-order valence-electron chi connectivity index (χ1n) is 5.72. The van der Waals surface area contributed by atoms with Gasteiger partial charge in [0.05, 0.1) is 12.2 Å². The number of nitrogens with zero attached hydrogens (tertiary/aromatic N) is 3. The predicted octanol–water partition coefficient (Wildman–Crippen LogP) is -0.996. The first kappa shape index (κ1) is 14.1. The summed E-state index contributed by atoms with van der Waals surface area (Å²) in [6.07, 6.45) is 0.595. The molecule has 1 amide bonds. The van der Waals surface area contributed by atoms with Crippen LogP contribution in [0.2, 0.25) is 0 Å². The van der Waals surface area contributed by atoms with E-state index in [-0.39, 0.29) is 18.0 Å². The van der Waals surface area contributed by atoms with Crippen LogP contribution in [0.5, 0.6) is 0 Å². The highest BCUT2D eigenvalue weighted by Gasteiger charge is 2.18. The largest absolute Gasteiger partial charge is 0.476 e. The first-order valence-corrected chi connectivity index (χ1v) is 5.72. The molecule has 0 aliphatic heterocycles. The molecule has 1 rings (SSSR count). The Balaban J connectivity index is 2.76. The number of carboxylic acid groups (broad SMARTS) is 1. The molecule has 1 aromatic rings. The third kappa shape index (κ3) is 3.52. The van der Waals surface area contributed by atoms with Crippen molar-refractivity contribution in [2.45, 2.75) is 26.3 Å². The summed E-state index contributed by atoms with van der Waals surface area (Å²) in [5, 5.41) is 18.9. The van der Waals surface area contributed by atoms with E-state index in [0.29, 0.717) is 31.7 Å². The number of aryl methyl sites for hydroxylation is 1. The summed E-state index contributed by atoms with van der Waals surface area (Å²) < 4.78 is 1.42. The van der Waals surface area contributed by atoms with Crippen LogP contribution >= 0.6 is 0 Å². The lowest BCUT2D eigenvalue weighted by Gasteiger charge is -2.06. The number of aromatic nitrogens is 3. The maximum absolute atomic E-state index is 11.3. The van der Waals surface area contributed by atoms with Crippen LogP contribution in [-0.4, -0.2) is 45.1 Å². The maximum atomic E-state index is 11.3. The molecule has 0 aromatic carbocycles. The number of rotatable bonds is 7. The molecule has 0 unspecified atom stereocenters. The van der Waals surface area contributed by atoms with E-state index in [1.807, 2.05) is 6.92 Å². The van der Waals surface area contributed by atoms with E-state index >= 15 is 0 Å². The second kappa shape index (κ2) is 6.70. The second-order valence-corrected chi connectivity index (χ2v) is 3.66. The molecule has 1 heterocycles. The number of hydrogen-bond donors (Lipinski definition) is 3. The van der Waals surface area contributed by atoms with Gasteiger partial charge in [-0.3, -0.25) is 4.79 Å². The van der Waals surface area contributed by atoms with Crippen molar-refractivity contribution < 1.29 is 14.7 Å². The summed E-state index contributed by atoms with van der Waals surface area (Å²) in [4.78, 5) is 22.2. The van der Waals surface area contributed by atoms with E-state index in [1.54, 1.807) is 0 Å². The van der Waals surface area contributed by atoms with Crippen molar-refractivity contribution in [3.63, 3.8) is 0 Å². The zero-order chi connectivity index (χ0) is 13.5. The first-order chi connectivity index (χ1) is 8.60. The van der Waals surface area contributed by atoms with Crippen molar-refractivity contribution in [1.29, 1.82) is 0 Å². The molecule has 4 N–H and O–H groups in total. The molecule has 0 saturated carbocycles. The molecule has 0 atom stereocenters. The fourth-order valence-electron chi connectivity index (χ4n) is 1.56. The van der Waals surface area contributed by atoms with E-state index < -0.39 is 5.97 Å². The SMILES string of the molecule is CCNC(=O)CCn1nnc(C(=O)O)c1CCN. The van der Waals surface area contributed by atoms with Gasteiger partial charge in [0.15, 0.2) is 5.69 Å². The minimum atomic E-state index is -1.14. The van der Waals surface area contributed by atoms with E-state index in [9.17, 15) is 9.59 Å². The van der Waals surface area contributed by atoms with Gasteiger partial charge in [0.2, 0.25) is 5.91 Å². The average Bonchev–Trinajstić information content (AvgIpc) is 2.71. The number of hydrogen-bond acceptors (Lipinski definition) is 5. The molecule has 0 radical (unpaired) electrons. The van der Waals surface area contributed by atoms with Gasteiger partial charge in [0.25, 0.3) is 0 Å². The Labute approximate surface area is 104 Å². The van der Waals surface area contributed by atoms with Crippen molar-refractivity contribution in [2.24, 2.45) is 5.73 Å². The Morgan fingerprint density at radius 2 is 2.22 bits per heavy atom. The van der Waals surface area contributed by atoms with Crippen LogP contribution < -0.4 is 11.1 Å². The summed E-state index contributed by atoms with van der Waals surface area (Å²) in [6, 6.07) is 0. The number of nitrogens with two attached hydrogens (primary N) is 1. The zero-order valence-corrected chi connectivity index (χ0v) is 10.2. The van der Waals surface area contributed by atoms with E-state index in [1.165, 1.54) is 4.68 Å². The van der Waals surface area contributed by atoms with Crippen LogP contribution in [0.15, 0.2) is 0 Å². The fraction of sp³-hybridized carbons (Fsp3) is 0.600. The predicted molar refractivity (Wildman–Crippen MR) is 63.0 cm³/mol. The lowest BCUT2D eigenvalue weighted by Crippen LogP contribution is -2.24. The lowest BCUT2D eigenvalue weighted by atomic mass is 10.2. The van der Waals surface area contributed by atoms with Crippen molar-refractivity contribution >= 4 is 11.9 Å². The summed E-state index contributed by atoms with van der Waals surface area (Å²) in [6.45, 7) is 2.98. The minimum absolute atomic E-state index is 0.101. The van der Waals surface area contributed by atoms with Crippen LogP contribution in [0.4, 0.5) is 0 Å². The number of carbonyl (C=O) groups is 2. The fourth-order valence-corrected chi connectivity index (χ4v) is 1.56. The van der Waals surface area contributed by atoms with E-state index in [0.717, 1.165) is 0 Å². The molecule has 0 saturated heterocycles. The highest BCUT2D eigenvalue weighted by atomic mass is 16.4. The molecule has 1 aromatic heterocycles. The molecular formula is C10H17N5O3. The van der Waals surface area contributed by atoms with Crippen LogP contribution in [0.25, 0.3) is 0 Å². The van der Waals surface area contributed by atoms with E-state index in [4.69, 9.17) is 10.8 Å². The van der Waals surface area contributed by atoms with E-state index in [2.05, 4.69) is 15.6 Å². The summed E-state index contributed by atoms with van der Waals surface area (Å²) in [7, 11) is 0. The average molecular weight is 255 g/mol. The number of nitrogens with one attached hydrogen (secondary N) is 1. The molecule has 0 spiro atoms. The molecule has 0 fully saturated rings. The molecule has 0 aliphatic rings. The normalized spacial score (nSPS) is 10.3. The number of amides is 1. The zero-order valence-electron chi connectivity index (χ0n) is 10.2. The molecule has 0 bridgehead atoms. The van der Waals surface area contributed by atoms with Crippen molar-refractivity contribution in [1.82, 2.24) is 20.3 Å². The summed E-state index contributed by atoms with van der Waals surface area (Å²) >= 11 is 0. The Bertz CT molecular complexity index is 429. The maximum Gasteiger partial charge on any atom is 0.358 e. The standard InChI is InChI=1S/C10H17N5O3/c1-2-12-8(16)4-6-15-7(3-5-11)9(10(17)18)13-14-15/h2-6,11H2,1H3,(H,12,16)(H,17,18). The Kier molecular flexibility index (Phi) is 5.25. The van der Waals surface area contributed by atoms with Crippen LogP contribution in [-0.2, 0) is 17.8 Å². The third-order valence-corrected chi connectivity index (χ3v) is 2.35. The van der Waals surface area contributed by atoms with Gasteiger partial charge in [-0.25, -0.2) is 9.48 Å². The van der Waals surface area contributed by atoms with Crippen LogP contribution in [0.3, 0.4) is 0 Å². The van der Waals surface area contributed by atoms with Gasteiger partial charge in [0.1, 0.15) is 0 Å². The minimum Gasteiger partial charge on any atom is -0.476 e. The van der Waals surface area contributed by atoms with Gasteiger partial charge in [-0.1, -0.05) is 5.21 Å². The van der Waals surface area contributed by atoms with Crippen molar-refractivity contribution in [2.75, 3.05) is 13.1 Å². The highest BCUT2D eigenvalue weighted by Crippen LogP contribution is 2.07. The molecule has 100 valence electrons. The second-order valence-electron chi connectivity index (χ2n) is 3.66. The van der Waals surface area contributed by atoms with Gasteiger partial charge in [-0.15, -0.1) is 5.10 Å². The van der Waals surface area contributed by atoms with Crippen LogP contribution in [0, 0.1) is 0 Å². The van der Waals surface area contributed by atoms with Crippen molar-refractivity contribution in [3.05, 3.63) is 11.4 Å². The lowest BCUT2D eigenvalue weighted by molar-refractivity contribution is -0.121. The highest BCUT2D eigenvalue weighted by molar-refractivity contribution is 5.86. The Morgan fingerprint density at radius 3 is 2.78 bits per heavy atom. The molecule has 8 nitrogen and oxygen atoms in total. The summed E-state index contributed by atoms with van der Waals surface area (Å²) in [5.41, 5.74) is 5.77. The quantitative estimate of drug-likeness (QED) is 0.574. The number of aromatic carboxylic acids is 1.